The first-order valence-electron chi connectivity index (χ1n) is 5.86. The van der Waals surface area contributed by atoms with Crippen molar-refractivity contribution in [2.24, 2.45) is 0 Å². The van der Waals surface area contributed by atoms with Gasteiger partial charge in [0.2, 0.25) is 0 Å². The summed E-state index contributed by atoms with van der Waals surface area (Å²) in [6.45, 7) is -1.29. The predicted molar refractivity (Wildman–Crippen MR) is 73.0 cm³/mol. The number of amides is 1. The van der Waals surface area contributed by atoms with Gasteiger partial charge in [-0.1, -0.05) is 0 Å². The fourth-order valence-corrected chi connectivity index (χ4v) is 2.85. The number of nitrogen functional groups attached to an aromatic ring is 1. The minimum Gasteiger partial charge on any atom is -0.397 e. The molecule has 0 saturated carbocycles. The molecule has 0 aliphatic carbocycles. The summed E-state index contributed by atoms with van der Waals surface area (Å²) in [5.74, 6) is -0.611. The van der Waals surface area contributed by atoms with Crippen molar-refractivity contribution in [3.63, 3.8) is 0 Å². The second-order valence-corrected chi connectivity index (χ2v) is 5.07. The van der Waals surface area contributed by atoms with Gasteiger partial charge in [0.15, 0.2) is 0 Å². The van der Waals surface area contributed by atoms with E-state index in [9.17, 15) is 13.6 Å². The van der Waals surface area contributed by atoms with Crippen molar-refractivity contribution >= 4 is 33.1 Å². The monoisotopic (exact) mass is 301 g/mol. The Morgan fingerprint density at radius 3 is 2.90 bits per heavy atom. The third-order valence-electron chi connectivity index (χ3n) is 2.71. The van der Waals surface area contributed by atoms with Gasteiger partial charge in [0.1, 0.15) is 9.71 Å². The first-order chi connectivity index (χ1) is 9.54. The second kappa shape index (κ2) is 6.10. The van der Waals surface area contributed by atoms with Crippen molar-refractivity contribution in [2.45, 2.75) is 6.43 Å². The Balaban J connectivity index is 2.35. The van der Waals surface area contributed by atoms with Crippen LogP contribution in [0.5, 0.6) is 0 Å². The standard InChI is InChI=1S/C12H13F2N3O2S/c13-8(14)6-17(4-5-18)12(19)10-9(15)7-2-1-3-16-11(7)20-10/h1-3,8,18H,4-6,15H2. The Kier molecular flexibility index (Phi) is 4.46. The number of alkyl halides is 2. The number of rotatable bonds is 5. The summed E-state index contributed by atoms with van der Waals surface area (Å²) in [6.07, 6.45) is -1.10. The minimum absolute atomic E-state index is 0.162. The molecule has 0 aromatic carbocycles. The maximum absolute atomic E-state index is 12.5. The average Bonchev–Trinajstić information content (AvgIpc) is 2.75. The third-order valence-corrected chi connectivity index (χ3v) is 3.83. The molecule has 0 bridgehead atoms. The summed E-state index contributed by atoms with van der Waals surface area (Å²) in [6, 6.07) is 3.40. The van der Waals surface area contributed by atoms with Crippen LogP contribution in [0.4, 0.5) is 14.5 Å². The molecule has 0 radical (unpaired) electrons. The molecule has 0 spiro atoms. The van der Waals surface area contributed by atoms with Gasteiger partial charge < -0.3 is 15.7 Å². The maximum Gasteiger partial charge on any atom is 0.266 e. The third kappa shape index (κ3) is 2.86. The van der Waals surface area contributed by atoms with Crippen molar-refractivity contribution < 1.29 is 18.7 Å². The molecular formula is C12H13F2N3O2S. The van der Waals surface area contributed by atoms with Gasteiger partial charge in [0, 0.05) is 18.1 Å². The lowest BCUT2D eigenvalue weighted by Gasteiger charge is -2.20. The fraction of sp³-hybridized carbons (Fsp3) is 0.333. The highest BCUT2D eigenvalue weighted by molar-refractivity contribution is 7.21. The Hall–Kier alpha value is -1.80. The quantitative estimate of drug-likeness (QED) is 0.878. The molecule has 0 atom stereocenters. The van der Waals surface area contributed by atoms with E-state index in [1.807, 2.05) is 0 Å². The SMILES string of the molecule is Nc1c(C(=O)N(CCO)CC(F)F)sc2ncccc12. The molecule has 2 aromatic rings. The highest BCUT2D eigenvalue weighted by atomic mass is 32.1. The lowest BCUT2D eigenvalue weighted by molar-refractivity contribution is 0.0514. The fourth-order valence-electron chi connectivity index (χ4n) is 1.82. The number of nitrogens with zero attached hydrogens (tertiary/aromatic N) is 2. The van der Waals surface area contributed by atoms with Crippen LogP contribution in [0, 0.1) is 0 Å². The summed E-state index contributed by atoms with van der Waals surface area (Å²) < 4.78 is 24.9. The zero-order valence-corrected chi connectivity index (χ0v) is 11.2. The maximum atomic E-state index is 12.5. The second-order valence-electron chi connectivity index (χ2n) is 4.07. The van der Waals surface area contributed by atoms with Crippen molar-refractivity contribution in [1.29, 1.82) is 0 Å². The lowest BCUT2D eigenvalue weighted by atomic mass is 10.2. The van der Waals surface area contributed by atoms with Gasteiger partial charge in [-0.3, -0.25) is 4.79 Å². The zero-order valence-electron chi connectivity index (χ0n) is 10.4. The predicted octanol–water partition coefficient (Wildman–Crippen LogP) is 1.58. The number of aliphatic hydroxyl groups is 1. The van der Waals surface area contributed by atoms with Crippen molar-refractivity contribution in [3.05, 3.63) is 23.2 Å². The van der Waals surface area contributed by atoms with Gasteiger partial charge in [-0.15, -0.1) is 11.3 Å². The van der Waals surface area contributed by atoms with E-state index in [0.29, 0.717) is 10.2 Å². The summed E-state index contributed by atoms with van der Waals surface area (Å²) in [4.78, 5) is 18.0. The molecule has 0 aliphatic heterocycles. The Labute approximate surface area is 117 Å². The van der Waals surface area contributed by atoms with Crippen LogP contribution >= 0.6 is 11.3 Å². The molecule has 0 fully saturated rings. The lowest BCUT2D eigenvalue weighted by Crippen LogP contribution is -2.37. The molecule has 2 heterocycles. The Morgan fingerprint density at radius 2 is 2.30 bits per heavy atom. The van der Waals surface area contributed by atoms with Crippen molar-refractivity contribution in [2.75, 3.05) is 25.4 Å². The molecule has 20 heavy (non-hydrogen) atoms. The number of carbonyl (C=O) groups excluding carboxylic acids is 1. The first-order valence-corrected chi connectivity index (χ1v) is 6.67. The minimum atomic E-state index is -2.67. The first kappa shape index (κ1) is 14.6. The number of aromatic nitrogens is 1. The molecule has 2 aromatic heterocycles. The van der Waals surface area contributed by atoms with E-state index in [0.717, 1.165) is 16.2 Å². The summed E-state index contributed by atoms with van der Waals surface area (Å²) >= 11 is 1.06. The molecule has 0 aliphatic rings. The number of aliphatic hydroxyl groups excluding tert-OH is 1. The van der Waals surface area contributed by atoms with Crippen LogP contribution in [-0.4, -0.2) is 47.0 Å². The number of thiophene rings is 1. The molecular weight excluding hydrogens is 288 g/mol. The Bertz CT molecular complexity index is 618. The topological polar surface area (TPSA) is 79.5 Å². The van der Waals surface area contributed by atoms with Gasteiger partial charge >= 0.3 is 0 Å². The number of anilines is 1. The average molecular weight is 301 g/mol. The molecule has 5 nitrogen and oxygen atoms in total. The van der Waals surface area contributed by atoms with Crippen LogP contribution in [-0.2, 0) is 0 Å². The number of hydrogen-bond acceptors (Lipinski definition) is 5. The largest absolute Gasteiger partial charge is 0.397 e. The smallest absolute Gasteiger partial charge is 0.266 e. The van der Waals surface area contributed by atoms with Crippen molar-refractivity contribution in [3.8, 4) is 0 Å². The van der Waals surface area contributed by atoms with Gasteiger partial charge in [-0.05, 0) is 12.1 Å². The Morgan fingerprint density at radius 1 is 1.55 bits per heavy atom. The van der Waals surface area contributed by atoms with E-state index in [1.54, 1.807) is 18.3 Å². The van der Waals surface area contributed by atoms with Gasteiger partial charge in [0.05, 0.1) is 18.8 Å². The molecule has 1 amide bonds. The van der Waals surface area contributed by atoms with Crippen LogP contribution in [0.2, 0.25) is 0 Å². The van der Waals surface area contributed by atoms with E-state index in [2.05, 4.69) is 4.98 Å². The number of carbonyl (C=O) groups is 1. The zero-order chi connectivity index (χ0) is 14.7. The molecule has 3 N–H and O–H groups in total. The number of pyridine rings is 1. The van der Waals surface area contributed by atoms with Crippen molar-refractivity contribution in [1.82, 2.24) is 9.88 Å². The van der Waals surface area contributed by atoms with E-state index in [4.69, 9.17) is 10.8 Å². The van der Waals surface area contributed by atoms with Crippen LogP contribution in [0.1, 0.15) is 9.67 Å². The molecule has 2 rings (SSSR count). The number of nitrogens with two attached hydrogens (primary N) is 1. The summed E-state index contributed by atoms with van der Waals surface area (Å²) in [7, 11) is 0. The number of hydrogen-bond donors (Lipinski definition) is 2. The van der Waals surface area contributed by atoms with E-state index in [-0.39, 0.29) is 23.7 Å². The van der Waals surface area contributed by atoms with E-state index in [1.165, 1.54) is 0 Å². The molecule has 0 unspecified atom stereocenters. The summed E-state index contributed by atoms with van der Waals surface area (Å²) in [5, 5.41) is 9.50. The van der Waals surface area contributed by atoms with E-state index >= 15 is 0 Å². The number of fused-ring (bicyclic) bond motifs is 1. The van der Waals surface area contributed by atoms with Gasteiger partial charge in [-0.2, -0.15) is 0 Å². The van der Waals surface area contributed by atoms with Crippen LogP contribution in [0.25, 0.3) is 10.2 Å². The number of halogens is 2. The highest BCUT2D eigenvalue weighted by Crippen LogP contribution is 2.32. The van der Waals surface area contributed by atoms with Gasteiger partial charge in [-0.25, -0.2) is 13.8 Å². The molecule has 8 heteroatoms. The molecule has 108 valence electrons. The molecule has 0 saturated heterocycles. The normalized spacial score (nSPS) is 11.2. The van der Waals surface area contributed by atoms with Crippen LogP contribution in [0.15, 0.2) is 18.3 Å². The van der Waals surface area contributed by atoms with Crippen LogP contribution < -0.4 is 5.73 Å². The van der Waals surface area contributed by atoms with Crippen LogP contribution in [0.3, 0.4) is 0 Å². The van der Waals surface area contributed by atoms with Gasteiger partial charge in [0.25, 0.3) is 12.3 Å². The summed E-state index contributed by atoms with van der Waals surface area (Å²) in [5.41, 5.74) is 6.11. The van der Waals surface area contributed by atoms with E-state index < -0.39 is 18.9 Å². The highest BCUT2D eigenvalue weighted by Gasteiger charge is 2.24.